The van der Waals surface area contributed by atoms with Gasteiger partial charge in [-0.25, -0.2) is 0 Å². The normalized spacial score (nSPS) is 13.9. The van der Waals surface area contributed by atoms with E-state index in [4.69, 9.17) is 5.11 Å². The van der Waals surface area contributed by atoms with Gasteiger partial charge >= 0.3 is 59.4 Å². The molecule has 0 heterocycles. The van der Waals surface area contributed by atoms with E-state index in [9.17, 15) is 9.46 Å². The van der Waals surface area contributed by atoms with Crippen molar-refractivity contribution in [2.45, 2.75) is 6.92 Å². The summed E-state index contributed by atoms with van der Waals surface area (Å²) in [4.78, 5) is 9.89. The third-order valence-electron chi connectivity index (χ3n) is 0.772. The maximum atomic E-state index is 9.89. The Kier molecular flexibility index (Phi) is 11.4. The van der Waals surface area contributed by atoms with E-state index in [-0.39, 0.29) is 70.1 Å². The van der Waals surface area contributed by atoms with E-state index in [2.05, 4.69) is 0 Å². The average molecular weight is 175 g/mol. The Balaban J connectivity index is 0. The molecule has 0 spiro atoms. The Morgan fingerprint density at radius 1 is 1.78 bits per heavy atom. The van der Waals surface area contributed by atoms with Crippen molar-refractivity contribution in [3.05, 3.63) is 0 Å². The van der Waals surface area contributed by atoms with Crippen molar-refractivity contribution >= 4 is 8.03 Å². The summed E-state index contributed by atoms with van der Waals surface area (Å²) >= 11 is 0. The van der Waals surface area contributed by atoms with Crippen molar-refractivity contribution in [1.29, 1.82) is 0 Å². The van der Waals surface area contributed by atoms with Crippen molar-refractivity contribution in [3.63, 3.8) is 0 Å². The third-order valence-corrected chi connectivity index (χ3v) is 1.69. The molecule has 5 heteroatoms. The molecule has 0 amide bonds. The Morgan fingerprint density at radius 3 is 2.33 bits per heavy atom. The molecule has 0 aliphatic rings. The van der Waals surface area contributed by atoms with Gasteiger partial charge in [0, 0.05) is 12.5 Å². The zero-order chi connectivity index (χ0) is 6.57. The van der Waals surface area contributed by atoms with Crippen molar-refractivity contribution < 1.29 is 65.9 Å². The second-order valence-electron chi connectivity index (χ2n) is 1.80. The quantitative estimate of drug-likeness (QED) is 0.361. The number of hydrogen-bond donors (Lipinski definition) is 1. The fourth-order valence-corrected chi connectivity index (χ4v) is 0.937. The van der Waals surface area contributed by atoms with Crippen LogP contribution in [0.4, 0.5) is 0 Å². The molecule has 0 aliphatic heterocycles. The summed E-state index contributed by atoms with van der Waals surface area (Å²) < 4.78 is 9.89. The summed E-state index contributed by atoms with van der Waals surface area (Å²) in [6, 6.07) is 0. The van der Waals surface area contributed by atoms with E-state index >= 15 is 0 Å². The van der Waals surface area contributed by atoms with Gasteiger partial charge < -0.3 is 10.00 Å². The zero-order valence-electron chi connectivity index (χ0n) is 5.70. The SMILES string of the molecule is CC(CO)C[P+](=O)[O-].[K+]. The summed E-state index contributed by atoms with van der Waals surface area (Å²) in [5, 5.41) is 8.32. The average Bonchev–Trinajstić information content (AvgIpc) is 1.65. The summed E-state index contributed by atoms with van der Waals surface area (Å²) in [5.74, 6) is -0.115. The molecule has 0 radical (unpaired) electrons. The van der Waals surface area contributed by atoms with Crippen molar-refractivity contribution in [2.24, 2.45) is 5.92 Å². The van der Waals surface area contributed by atoms with Gasteiger partial charge in [0.2, 0.25) is 0 Å². The number of rotatable bonds is 3. The van der Waals surface area contributed by atoms with E-state index in [0.29, 0.717) is 0 Å². The summed E-state index contributed by atoms with van der Waals surface area (Å²) in [6.07, 6.45) is 0.0891. The molecule has 3 nitrogen and oxygen atoms in total. The Morgan fingerprint density at radius 2 is 2.22 bits per heavy atom. The van der Waals surface area contributed by atoms with Crippen LogP contribution < -0.4 is 56.3 Å². The molecule has 0 saturated carbocycles. The molecule has 1 N–H and O–H groups in total. The van der Waals surface area contributed by atoms with Crippen molar-refractivity contribution in [3.8, 4) is 0 Å². The minimum atomic E-state index is -2.31. The maximum Gasteiger partial charge on any atom is 1.00 e. The molecule has 2 unspecified atom stereocenters. The van der Waals surface area contributed by atoms with Gasteiger partial charge in [-0.15, -0.1) is 0 Å². The van der Waals surface area contributed by atoms with E-state index in [1.165, 1.54) is 0 Å². The smallest absolute Gasteiger partial charge is 0.596 e. The molecular formula is C4H9KO3P+. The molecule has 9 heavy (non-hydrogen) atoms. The number of hydrogen-bond acceptors (Lipinski definition) is 3. The molecule has 0 aromatic carbocycles. The molecule has 0 bridgehead atoms. The Bertz CT molecular complexity index is 87.9. The minimum Gasteiger partial charge on any atom is -0.596 e. The van der Waals surface area contributed by atoms with Crippen LogP contribution in [0.25, 0.3) is 0 Å². The maximum absolute atomic E-state index is 9.89. The van der Waals surface area contributed by atoms with Gasteiger partial charge in [0.1, 0.15) is 6.16 Å². The van der Waals surface area contributed by atoms with Gasteiger partial charge in [-0.1, -0.05) is 11.5 Å². The molecule has 48 valence electrons. The van der Waals surface area contributed by atoms with Gasteiger partial charge in [0.15, 0.2) is 0 Å². The molecule has 0 saturated heterocycles. The second kappa shape index (κ2) is 7.76. The second-order valence-corrected chi connectivity index (χ2v) is 2.83. The third kappa shape index (κ3) is 9.66. The topological polar surface area (TPSA) is 60.4 Å². The van der Waals surface area contributed by atoms with E-state index in [1.807, 2.05) is 0 Å². The summed E-state index contributed by atoms with van der Waals surface area (Å²) in [7, 11) is -2.31. The van der Waals surface area contributed by atoms with Crippen molar-refractivity contribution in [1.82, 2.24) is 0 Å². The van der Waals surface area contributed by atoms with E-state index < -0.39 is 8.03 Å². The van der Waals surface area contributed by atoms with Crippen LogP contribution in [0.3, 0.4) is 0 Å². The first-order valence-electron chi connectivity index (χ1n) is 2.39. The standard InChI is InChI=1S/C4H9O3P.K/c1-4(2-5)3-8(6)7;/h4-5H,2-3H2,1H3;/q;+1. The van der Waals surface area contributed by atoms with Gasteiger partial charge in [0.25, 0.3) is 0 Å². The Labute approximate surface area is 98.1 Å². The first kappa shape index (κ1) is 13.3. The van der Waals surface area contributed by atoms with Crippen molar-refractivity contribution in [2.75, 3.05) is 12.8 Å². The van der Waals surface area contributed by atoms with Gasteiger partial charge in [-0.2, -0.15) is 0 Å². The zero-order valence-corrected chi connectivity index (χ0v) is 9.72. The molecule has 2 atom stereocenters. The van der Waals surface area contributed by atoms with Crippen LogP contribution in [0.1, 0.15) is 6.92 Å². The van der Waals surface area contributed by atoms with E-state index in [0.717, 1.165) is 0 Å². The van der Waals surface area contributed by atoms with Gasteiger partial charge in [-0.05, 0) is 0 Å². The van der Waals surface area contributed by atoms with Crippen LogP contribution in [-0.4, -0.2) is 17.9 Å². The van der Waals surface area contributed by atoms with Crippen LogP contribution in [0.5, 0.6) is 0 Å². The van der Waals surface area contributed by atoms with Gasteiger partial charge in [0.05, 0.1) is 0 Å². The fraction of sp³-hybridized carbons (Fsp3) is 1.00. The summed E-state index contributed by atoms with van der Waals surface area (Å²) in [6.45, 7) is 1.63. The van der Waals surface area contributed by atoms with Crippen LogP contribution in [0, 0.1) is 5.92 Å². The van der Waals surface area contributed by atoms with Gasteiger partial charge in [-0.3, -0.25) is 0 Å². The number of aliphatic hydroxyl groups excluding tert-OH is 1. The molecule has 0 rings (SSSR count). The Hall–Kier alpha value is 1.66. The molecule has 0 aromatic rings. The fourth-order valence-electron chi connectivity index (χ4n) is 0.312. The van der Waals surface area contributed by atoms with E-state index in [1.54, 1.807) is 6.92 Å². The summed E-state index contributed by atoms with van der Waals surface area (Å²) in [5.41, 5.74) is 0. The van der Waals surface area contributed by atoms with Crippen LogP contribution >= 0.6 is 8.03 Å². The largest absolute Gasteiger partial charge is 1.00 e. The predicted octanol–water partition coefficient (Wildman–Crippen LogP) is -3.28. The first-order chi connectivity index (χ1) is 3.66. The molecular weight excluding hydrogens is 166 g/mol. The van der Waals surface area contributed by atoms with Crippen LogP contribution in [0.2, 0.25) is 0 Å². The van der Waals surface area contributed by atoms with Crippen LogP contribution in [0.15, 0.2) is 0 Å². The molecule has 0 fully saturated rings. The monoisotopic (exact) mass is 175 g/mol. The first-order valence-corrected chi connectivity index (χ1v) is 3.75. The molecule has 0 aromatic heterocycles. The number of aliphatic hydroxyl groups is 1. The molecule has 0 aliphatic carbocycles. The van der Waals surface area contributed by atoms with Crippen LogP contribution in [-0.2, 0) is 4.57 Å². The minimum absolute atomic E-state index is 0. The predicted molar refractivity (Wildman–Crippen MR) is 28.7 cm³/mol.